The molecule has 46 heavy (non-hydrogen) atoms. The molecule has 15 nitrogen and oxygen atoms in total. The lowest BCUT2D eigenvalue weighted by Crippen LogP contribution is -2.18. The van der Waals surface area contributed by atoms with E-state index in [0.29, 0.717) is 49.4 Å². The molecule has 0 saturated heterocycles. The van der Waals surface area contributed by atoms with E-state index in [1.165, 1.54) is 4.80 Å². The molecule has 0 radical (unpaired) electrons. The predicted molar refractivity (Wildman–Crippen MR) is 163 cm³/mol. The lowest BCUT2D eigenvalue weighted by molar-refractivity contribution is -0.492. The van der Waals surface area contributed by atoms with Crippen LogP contribution in [0.1, 0.15) is 74.1 Å². The van der Waals surface area contributed by atoms with Gasteiger partial charge >= 0.3 is 12.1 Å². The summed E-state index contributed by atoms with van der Waals surface area (Å²) in [4.78, 5) is 34.0. The van der Waals surface area contributed by atoms with Crippen molar-refractivity contribution in [2.75, 3.05) is 13.2 Å². The van der Waals surface area contributed by atoms with Gasteiger partial charge in [-0.05, 0) is 54.5 Å². The SMILES string of the molecule is CCCCc1nc(Cl)c(C(=O)O)n1Cc1ccc(-c2ccccc2-c2nnn(C(C)OC(=O)OCCCCCON(O)O)n2)cc1. The Bertz CT molecular complexity index is 1590. The quantitative estimate of drug-likeness (QED) is 0.0703. The normalized spacial score (nSPS) is 12.0. The summed E-state index contributed by atoms with van der Waals surface area (Å²) < 4.78 is 12.0. The van der Waals surface area contributed by atoms with E-state index in [-0.39, 0.29) is 29.5 Å². The van der Waals surface area contributed by atoms with Crippen molar-refractivity contribution in [1.82, 2.24) is 35.1 Å². The lowest BCUT2D eigenvalue weighted by atomic mass is 9.98. The van der Waals surface area contributed by atoms with Crippen LogP contribution in [0.4, 0.5) is 4.79 Å². The van der Waals surface area contributed by atoms with Crippen LogP contribution in [0.3, 0.4) is 0 Å². The number of rotatable bonds is 17. The summed E-state index contributed by atoms with van der Waals surface area (Å²) in [6.07, 6.45) is 2.38. The number of aromatic carboxylic acids is 1. The first-order valence-corrected chi connectivity index (χ1v) is 15.2. The molecule has 0 bridgehead atoms. The van der Waals surface area contributed by atoms with Crippen molar-refractivity contribution in [2.24, 2.45) is 0 Å². The Hall–Kier alpha value is -4.41. The van der Waals surface area contributed by atoms with E-state index in [1.807, 2.05) is 48.5 Å². The average molecular weight is 658 g/mol. The third-order valence-corrected chi connectivity index (χ3v) is 7.23. The van der Waals surface area contributed by atoms with Gasteiger partial charge in [0, 0.05) is 18.5 Å². The van der Waals surface area contributed by atoms with Gasteiger partial charge in [-0.1, -0.05) is 73.5 Å². The number of aromatic nitrogens is 6. The third kappa shape index (κ3) is 9.31. The summed E-state index contributed by atoms with van der Waals surface area (Å²) in [5.74, 6) is -0.155. The van der Waals surface area contributed by atoms with Gasteiger partial charge in [0.25, 0.3) is 0 Å². The number of imidazole rings is 1. The highest BCUT2D eigenvalue weighted by atomic mass is 35.5. The van der Waals surface area contributed by atoms with Crippen LogP contribution in [0, 0.1) is 0 Å². The van der Waals surface area contributed by atoms with Crippen LogP contribution in [0.15, 0.2) is 48.5 Å². The van der Waals surface area contributed by atoms with Crippen LogP contribution in [0.2, 0.25) is 5.15 Å². The third-order valence-electron chi connectivity index (χ3n) is 6.97. The number of carboxylic acid groups (broad SMARTS) is 1. The molecule has 0 saturated carbocycles. The Kier molecular flexibility index (Phi) is 12.6. The summed E-state index contributed by atoms with van der Waals surface area (Å²) in [6, 6.07) is 15.3. The Morgan fingerprint density at radius 1 is 1.00 bits per heavy atom. The highest BCUT2D eigenvalue weighted by molar-refractivity contribution is 6.32. The molecule has 1 unspecified atom stereocenters. The van der Waals surface area contributed by atoms with Gasteiger partial charge < -0.3 is 19.1 Å². The second kappa shape index (κ2) is 16.8. The first kappa shape index (κ1) is 34.5. The number of carbonyl (C=O) groups is 2. The van der Waals surface area contributed by atoms with Crippen LogP contribution in [0.25, 0.3) is 22.5 Å². The number of hydrogen-bond acceptors (Lipinski definition) is 12. The average Bonchev–Trinajstić information content (AvgIpc) is 3.64. The van der Waals surface area contributed by atoms with E-state index in [1.54, 1.807) is 11.5 Å². The van der Waals surface area contributed by atoms with Crippen LogP contribution >= 0.6 is 11.6 Å². The Labute approximate surface area is 269 Å². The van der Waals surface area contributed by atoms with Gasteiger partial charge in [-0.2, -0.15) is 0 Å². The number of benzene rings is 2. The fourth-order valence-electron chi connectivity index (χ4n) is 4.66. The molecule has 2 aromatic heterocycles. The molecule has 0 aliphatic rings. The second-order valence-electron chi connectivity index (χ2n) is 10.3. The van der Waals surface area contributed by atoms with Crippen LogP contribution < -0.4 is 0 Å². The van der Waals surface area contributed by atoms with Gasteiger partial charge in [-0.15, -0.1) is 15.0 Å². The summed E-state index contributed by atoms with van der Waals surface area (Å²) in [6.45, 7) is 4.18. The van der Waals surface area contributed by atoms with Gasteiger partial charge in [0.15, 0.2) is 10.8 Å². The van der Waals surface area contributed by atoms with Crippen molar-refractivity contribution in [3.8, 4) is 22.5 Å². The highest BCUT2D eigenvalue weighted by Crippen LogP contribution is 2.31. The highest BCUT2D eigenvalue weighted by Gasteiger charge is 2.22. The minimum atomic E-state index is -1.12. The van der Waals surface area contributed by atoms with Gasteiger partial charge in [-0.3, -0.25) is 15.3 Å². The summed E-state index contributed by atoms with van der Waals surface area (Å²) in [7, 11) is 0. The molecule has 4 aromatic rings. The van der Waals surface area contributed by atoms with Crippen molar-refractivity contribution >= 4 is 23.7 Å². The number of halogens is 1. The number of aryl methyl sites for hydroxylation is 1. The number of carboxylic acids is 1. The monoisotopic (exact) mass is 657 g/mol. The number of ether oxygens (including phenoxy) is 2. The fourth-order valence-corrected chi connectivity index (χ4v) is 4.94. The maximum Gasteiger partial charge on any atom is 0.510 e. The molecule has 0 aliphatic heterocycles. The van der Waals surface area contributed by atoms with Gasteiger partial charge in [0.2, 0.25) is 12.1 Å². The second-order valence-corrected chi connectivity index (χ2v) is 10.7. The number of unbranched alkanes of at least 4 members (excludes halogenated alkanes) is 3. The molecule has 1 atom stereocenters. The van der Waals surface area contributed by atoms with Gasteiger partial charge in [0.05, 0.1) is 18.6 Å². The van der Waals surface area contributed by atoms with E-state index in [0.717, 1.165) is 29.5 Å². The lowest BCUT2D eigenvalue weighted by Gasteiger charge is -2.12. The zero-order valence-corrected chi connectivity index (χ0v) is 26.2. The smallest absolute Gasteiger partial charge is 0.476 e. The molecule has 0 amide bonds. The maximum atomic E-state index is 12.1. The maximum absolute atomic E-state index is 12.1. The van der Waals surface area contributed by atoms with E-state index < -0.39 is 18.4 Å². The topological polar surface area (TPSA) is 187 Å². The summed E-state index contributed by atoms with van der Waals surface area (Å²) >= 11 is 6.19. The van der Waals surface area contributed by atoms with Crippen molar-refractivity contribution in [3.05, 3.63) is 70.8 Å². The van der Waals surface area contributed by atoms with Gasteiger partial charge in [0.1, 0.15) is 5.82 Å². The number of carbonyl (C=O) groups excluding carboxylic acids is 1. The largest absolute Gasteiger partial charge is 0.510 e. The van der Waals surface area contributed by atoms with Crippen LogP contribution in [-0.2, 0) is 27.3 Å². The number of nitrogens with zero attached hydrogens (tertiary/aromatic N) is 7. The minimum absolute atomic E-state index is 0.0138. The van der Waals surface area contributed by atoms with Crippen molar-refractivity contribution in [2.45, 2.75) is 65.1 Å². The molecule has 3 N–H and O–H groups in total. The van der Waals surface area contributed by atoms with Crippen molar-refractivity contribution in [3.63, 3.8) is 0 Å². The summed E-state index contributed by atoms with van der Waals surface area (Å²) in [5.41, 5.74) is 3.30. The number of hydrogen-bond donors (Lipinski definition) is 3. The first-order chi connectivity index (χ1) is 22.2. The molecule has 246 valence electrons. The first-order valence-electron chi connectivity index (χ1n) is 14.8. The molecule has 16 heteroatoms. The van der Waals surface area contributed by atoms with E-state index in [4.69, 9.17) is 31.5 Å². The Morgan fingerprint density at radius 2 is 1.72 bits per heavy atom. The number of tetrazole rings is 1. The van der Waals surface area contributed by atoms with Crippen LogP contribution in [0.5, 0.6) is 0 Å². The van der Waals surface area contributed by atoms with Gasteiger partial charge in [-0.25, -0.2) is 14.6 Å². The standard InChI is InChI=1S/C30H36ClN7O8/c1-3-4-12-25-32-27(31)26(29(39)40)36(25)19-21-13-15-22(16-14-21)23-10-6-7-11-24(23)28-33-35-37(34-28)20(2)46-30(41)44-17-8-5-9-18-45-38(42)43/h6-7,10-11,13-16,20,42-43H,3-5,8-9,12,17-19H2,1-2H3,(H,39,40). The molecule has 0 aliphatic carbocycles. The Balaban J connectivity index is 1.40. The zero-order chi connectivity index (χ0) is 33.1. The van der Waals surface area contributed by atoms with Crippen molar-refractivity contribution in [1.29, 1.82) is 0 Å². The molecule has 4 rings (SSSR count). The molecule has 2 heterocycles. The molecular formula is C30H36ClN7O8. The molecule has 2 aromatic carbocycles. The summed E-state index contributed by atoms with van der Waals surface area (Å²) in [5, 5.41) is 39.0. The Morgan fingerprint density at radius 3 is 2.41 bits per heavy atom. The fraction of sp³-hybridized carbons (Fsp3) is 0.400. The minimum Gasteiger partial charge on any atom is -0.476 e. The predicted octanol–water partition coefficient (Wildman–Crippen LogP) is 5.80. The molecule has 0 fully saturated rings. The zero-order valence-electron chi connectivity index (χ0n) is 25.5. The van der Waals surface area contributed by atoms with E-state index >= 15 is 0 Å². The molecular weight excluding hydrogens is 622 g/mol. The molecule has 0 spiro atoms. The van der Waals surface area contributed by atoms with E-state index in [9.17, 15) is 14.7 Å². The van der Waals surface area contributed by atoms with Crippen LogP contribution in [-0.4, -0.2) is 76.0 Å². The van der Waals surface area contributed by atoms with E-state index in [2.05, 4.69) is 32.2 Å². The van der Waals surface area contributed by atoms with Crippen molar-refractivity contribution < 1.29 is 39.4 Å².